The van der Waals surface area contributed by atoms with Gasteiger partial charge in [-0.15, -0.1) is 0 Å². The lowest BCUT2D eigenvalue weighted by Gasteiger charge is -2.08. The van der Waals surface area contributed by atoms with Gasteiger partial charge in [-0.25, -0.2) is 0 Å². The van der Waals surface area contributed by atoms with Gasteiger partial charge in [0, 0.05) is 6.42 Å². The van der Waals surface area contributed by atoms with E-state index in [0.717, 1.165) is 11.1 Å². The van der Waals surface area contributed by atoms with E-state index in [4.69, 9.17) is 0 Å². The molecule has 2 rings (SSSR count). The van der Waals surface area contributed by atoms with Crippen LogP contribution in [0.25, 0.3) is 0 Å². The van der Waals surface area contributed by atoms with E-state index >= 15 is 0 Å². The molecule has 1 atom stereocenters. The number of benzene rings is 2. The Labute approximate surface area is 94.9 Å². The fourth-order valence-corrected chi connectivity index (χ4v) is 1.73. The SMILES string of the molecule is O=N[C@H](Cc1ccccc1)c1ccccc1. The molecule has 2 aromatic carbocycles. The predicted octanol–water partition coefficient (Wildman–Crippen LogP) is 3.74. The van der Waals surface area contributed by atoms with Crippen molar-refractivity contribution >= 4 is 0 Å². The lowest BCUT2D eigenvalue weighted by molar-refractivity contribution is 0.718. The van der Waals surface area contributed by atoms with E-state index in [1.54, 1.807) is 0 Å². The van der Waals surface area contributed by atoms with Crippen molar-refractivity contribution in [2.45, 2.75) is 12.5 Å². The average molecular weight is 211 g/mol. The summed E-state index contributed by atoms with van der Waals surface area (Å²) >= 11 is 0. The monoisotopic (exact) mass is 211 g/mol. The molecule has 0 saturated heterocycles. The second kappa shape index (κ2) is 5.21. The van der Waals surface area contributed by atoms with Crippen LogP contribution in [0.15, 0.2) is 65.8 Å². The van der Waals surface area contributed by atoms with E-state index in [-0.39, 0.29) is 6.04 Å². The van der Waals surface area contributed by atoms with Crippen molar-refractivity contribution < 1.29 is 0 Å². The van der Waals surface area contributed by atoms with Crippen molar-refractivity contribution in [1.29, 1.82) is 0 Å². The summed E-state index contributed by atoms with van der Waals surface area (Å²) in [7, 11) is 0. The van der Waals surface area contributed by atoms with Crippen molar-refractivity contribution in [1.82, 2.24) is 0 Å². The van der Waals surface area contributed by atoms with Gasteiger partial charge in [0.05, 0.1) is 0 Å². The third kappa shape index (κ3) is 2.54. The maximum absolute atomic E-state index is 10.9. The first-order chi connectivity index (χ1) is 7.90. The minimum Gasteiger partial charge on any atom is -0.150 e. The molecule has 0 aliphatic heterocycles. The second-order valence-corrected chi connectivity index (χ2v) is 3.72. The van der Waals surface area contributed by atoms with Gasteiger partial charge in [-0.3, -0.25) is 0 Å². The standard InChI is InChI=1S/C14H13NO/c16-15-14(13-9-5-2-6-10-13)11-12-7-3-1-4-8-12/h1-10,14H,11H2/t14-/m1/s1. The summed E-state index contributed by atoms with van der Waals surface area (Å²) in [4.78, 5) is 10.9. The summed E-state index contributed by atoms with van der Waals surface area (Å²) in [6.07, 6.45) is 0.661. The maximum atomic E-state index is 10.9. The van der Waals surface area contributed by atoms with E-state index in [9.17, 15) is 4.91 Å². The zero-order valence-corrected chi connectivity index (χ0v) is 8.91. The minimum atomic E-state index is -0.288. The van der Waals surface area contributed by atoms with Gasteiger partial charge in [0.2, 0.25) is 0 Å². The molecule has 2 heteroatoms. The van der Waals surface area contributed by atoms with Crippen LogP contribution in [0, 0.1) is 4.91 Å². The lowest BCUT2D eigenvalue weighted by atomic mass is 10.00. The van der Waals surface area contributed by atoms with Crippen LogP contribution >= 0.6 is 0 Å². The molecule has 16 heavy (non-hydrogen) atoms. The number of hydrogen-bond acceptors (Lipinski definition) is 2. The van der Waals surface area contributed by atoms with E-state index in [0.29, 0.717) is 6.42 Å². The number of hydrogen-bond donors (Lipinski definition) is 0. The Morgan fingerprint density at radius 2 is 1.44 bits per heavy atom. The van der Waals surface area contributed by atoms with Gasteiger partial charge in [0.25, 0.3) is 0 Å². The van der Waals surface area contributed by atoms with E-state index in [2.05, 4.69) is 5.18 Å². The van der Waals surface area contributed by atoms with E-state index in [1.165, 1.54) is 0 Å². The largest absolute Gasteiger partial charge is 0.150 e. The highest BCUT2D eigenvalue weighted by Crippen LogP contribution is 2.21. The molecule has 80 valence electrons. The highest BCUT2D eigenvalue weighted by Gasteiger charge is 2.11. The molecule has 2 aromatic rings. The molecule has 0 heterocycles. The topological polar surface area (TPSA) is 29.4 Å². The summed E-state index contributed by atoms with van der Waals surface area (Å²) in [5.41, 5.74) is 2.11. The van der Waals surface area contributed by atoms with Gasteiger partial charge in [-0.1, -0.05) is 65.8 Å². The number of rotatable bonds is 4. The van der Waals surface area contributed by atoms with Crippen molar-refractivity contribution in [3.63, 3.8) is 0 Å². The Morgan fingerprint density at radius 3 is 2.00 bits per heavy atom. The van der Waals surface area contributed by atoms with Crippen LogP contribution < -0.4 is 0 Å². The summed E-state index contributed by atoms with van der Waals surface area (Å²) in [6.45, 7) is 0. The van der Waals surface area contributed by atoms with Crippen LogP contribution in [0.5, 0.6) is 0 Å². The Balaban J connectivity index is 2.16. The van der Waals surface area contributed by atoms with Gasteiger partial charge < -0.3 is 0 Å². The zero-order valence-electron chi connectivity index (χ0n) is 8.91. The van der Waals surface area contributed by atoms with E-state index in [1.807, 2.05) is 60.7 Å². The van der Waals surface area contributed by atoms with Crippen molar-refractivity contribution in [2.24, 2.45) is 5.18 Å². The highest BCUT2D eigenvalue weighted by molar-refractivity contribution is 5.23. The Kier molecular flexibility index (Phi) is 3.44. The predicted molar refractivity (Wildman–Crippen MR) is 65.1 cm³/mol. The molecule has 0 saturated carbocycles. The summed E-state index contributed by atoms with van der Waals surface area (Å²) in [5, 5.41) is 3.20. The van der Waals surface area contributed by atoms with Crippen molar-refractivity contribution in [3.8, 4) is 0 Å². The smallest absolute Gasteiger partial charge is 0.121 e. The van der Waals surface area contributed by atoms with Crippen LogP contribution in [0.2, 0.25) is 0 Å². The Morgan fingerprint density at radius 1 is 0.875 bits per heavy atom. The summed E-state index contributed by atoms with van der Waals surface area (Å²) in [6, 6.07) is 19.3. The first-order valence-corrected chi connectivity index (χ1v) is 5.31. The van der Waals surface area contributed by atoms with Crippen LogP contribution in [0.1, 0.15) is 17.2 Å². The van der Waals surface area contributed by atoms with Crippen molar-refractivity contribution in [3.05, 3.63) is 76.7 Å². The second-order valence-electron chi connectivity index (χ2n) is 3.72. The molecule has 0 N–H and O–H groups in total. The number of nitrogens with zero attached hydrogens (tertiary/aromatic N) is 1. The fourth-order valence-electron chi connectivity index (χ4n) is 1.73. The molecule has 0 aliphatic rings. The maximum Gasteiger partial charge on any atom is 0.121 e. The Hall–Kier alpha value is -1.96. The van der Waals surface area contributed by atoms with Crippen LogP contribution in [0.4, 0.5) is 0 Å². The molecular weight excluding hydrogens is 198 g/mol. The normalized spacial score (nSPS) is 12.0. The quantitative estimate of drug-likeness (QED) is 0.708. The lowest BCUT2D eigenvalue weighted by Crippen LogP contribution is -1.99. The zero-order chi connectivity index (χ0) is 11.2. The molecule has 0 unspecified atom stereocenters. The molecular formula is C14H13NO. The molecule has 0 radical (unpaired) electrons. The van der Waals surface area contributed by atoms with Gasteiger partial charge in [-0.2, -0.15) is 4.91 Å². The third-order valence-electron chi connectivity index (χ3n) is 2.58. The molecule has 0 aliphatic carbocycles. The van der Waals surface area contributed by atoms with Gasteiger partial charge in [0.15, 0.2) is 0 Å². The van der Waals surface area contributed by atoms with Gasteiger partial charge in [-0.05, 0) is 11.1 Å². The average Bonchev–Trinajstić information content (AvgIpc) is 2.38. The fraction of sp³-hybridized carbons (Fsp3) is 0.143. The highest BCUT2D eigenvalue weighted by atomic mass is 16.3. The van der Waals surface area contributed by atoms with Crippen molar-refractivity contribution in [2.75, 3.05) is 0 Å². The van der Waals surface area contributed by atoms with Gasteiger partial charge >= 0.3 is 0 Å². The summed E-state index contributed by atoms with van der Waals surface area (Å²) < 4.78 is 0. The van der Waals surface area contributed by atoms with Crippen LogP contribution in [-0.2, 0) is 6.42 Å². The minimum absolute atomic E-state index is 0.288. The van der Waals surface area contributed by atoms with Gasteiger partial charge in [0.1, 0.15) is 6.04 Å². The molecule has 0 spiro atoms. The van der Waals surface area contributed by atoms with Crippen LogP contribution in [-0.4, -0.2) is 0 Å². The first-order valence-electron chi connectivity index (χ1n) is 5.31. The third-order valence-corrected chi connectivity index (χ3v) is 2.58. The summed E-state index contributed by atoms with van der Waals surface area (Å²) in [5.74, 6) is 0. The molecule has 0 fully saturated rings. The van der Waals surface area contributed by atoms with E-state index < -0.39 is 0 Å². The first kappa shape index (κ1) is 10.6. The molecule has 0 bridgehead atoms. The Bertz CT molecular complexity index is 439. The van der Waals surface area contributed by atoms with Crippen LogP contribution in [0.3, 0.4) is 0 Å². The number of nitroso groups, excluding NO2 is 1. The molecule has 0 amide bonds. The molecule has 2 nitrogen and oxygen atoms in total. The molecule has 0 aromatic heterocycles.